The van der Waals surface area contributed by atoms with Gasteiger partial charge in [-0.2, -0.15) is 23.4 Å². The van der Waals surface area contributed by atoms with Crippen molar-refractivity contribution in [2.24, 2.45) is 0 Å². The van der Waals surface area contributed by atoms with Crippen LogP contribution in [0.25, 0.3) is 0 Å². The maximum Gasteiger partial charge on any atom is 0.411 e. The van der Waals surface area contributed by atoms with Crippen LogP contribution in [0.1, 0.15) is 17.8 Å². The molecule has 1 amide bonds. The third-order valence-corrected chi connectivity index (χ3v) is 3.53. The Balaban J connectivity index is 1.92. The second kappa shape index (κ2) is 7.99. The number of hydrogen-bond donors (Lipinski definition) is 1. The fourth-order valence-corrected chi connectivity index (χ4v) is 2.15. The minimum Gasteiger partial charge on any atom is -0.350 e. The smallest absolute Gasteiger partial charge is 0.350 e. The average molecular weight is 402 g/mol. The molecule has 0 unspecified atom stereocenters. The molecule has 0 saturated carbocycles. The molecule has 13 heteroatoms. The van der Waals surface area contributed by atoms with Crippen LogP contribution in [0.15, 0.2) is 12.4 Å². The topological polar surface area (TPSA) is 74.0 Å². The molecule has 144 valence electrons. The molecule has 0 aliphatic rings. The van der Waals surface area contributed by atoms with Gasteiger partial charge in [0.1, 0.15) is 25.6 Å². The summed E-state index contributed by atoms with van der Waals surface area (Å²) in [4.78, 5) is 12.0. The Bertz CT molecular complexity index is 774. The zero-order valence-electron chi connectivity index (χ0n) is 13.2. The van der Waals surface area contributed by atoms with Crippen molar-refractivity contribution in [1.29, 1.82) is 0 Å². The van der Waals surface area contributed by atoms with Gasteiger partial charge in [0.15, 0.2) is 0 Å². The van der Waals surface area contributed by atoms with Crippen LogP contribution in [0, 0.1) is 6.92 Å². The SMILES string of the molecule is Cc1c(Cl)c(C(F)F)nn1CC(=O)Nc1cnn(COCC(F)(F)F)c1. The highest BCUT2D eigenvalue weighted by Gasteiger charge is 2.27. The van der Waals surface area contributed by atoms with E-state index in [0.29, 0.717) is 0 Å². The largest absolute Gasteiger partial charge is 0.411 e. The second-order valence-electron chi connectivity index (χ2n) is 5.15. The van der Waals surface area contributed by atoms with E-state index in [0.717, 1.165) is 9.36 Å². The summed E-state index contributed by atoms with van der Waals surface area (Å²) in [5, 5.41) is 9.50. The summed E-state index contributed by atoms with van der Waals surface area (Å²) in [5.74, 6) is -0.608. The molecular weight excluding hydrogens is 389 g/mol. The molecule has 0 spiro atoms. The van der Waals surface area contributed by atoms with Crippen LogP contribution >= 0.6 is 11.6 Å². The second-order valence-corrected chi connectivity index (χ2v) is 5.53. The number of ether oxygens (including phenoxy) is 1. The van der Waals surface area contributed by atoms with E-state index in [-0.39, 0.29) is 22.9 Å². The van der Waals surface area contributed by atoms with Crippen LogP contribution in [0.5, 0.6) is 0 Å². The average Bonchev–Trinajstić information content (AvgIpc) is 3.05. The summed E-state index contributed by atoms with van der Waals surface area (Å²) in [6.07, 6.45) is -4.88. The molecule has 2 heterocycles. The van der Waals surface area contributed by atoms with Crippen LogP contribution < -0.4 is 5.32 Å². The number of rotatable bonds is 7. The summed E-state index contributed by atoms with van der Waals surface area (Å²) in [6.45, 7) is -0.833. The predicted octanol–water partition coefficient (Wildman–Crippen LogP) is 3.15. The third kappa shape index (κ3) is 5.39. The highest BCUT2D eigenvalue weighted by molar-refractivity contribution is 6.31. The number of aromatic nitrogens is 4. The van der Waals surface area contributed by atoms with Crippen LogP contribution in [-0.2, 0) is 22.8 Å². The number of nitrogens with one attached hydrogen (secondary N) is 1. The zero-order valence-corrected chi connectivity index (χ0v) is 14.0. The molecule has 0 bridgehead atoms. The van der Waals surface area contributed by atoms with E-state index in [4.69, 9.17) is 11.6 Å². The van der Waals surface area contributed by atoms with Gasteiger partial charge in [-0.05, 0) is 6.92 Å². The van der Waals surface area contributed by atoms with Gasteiger partial charge in [0, 0.05) is 0 Å². The van der Waals surface area contributed by atoms with Crippen LogP contribution in [0.3, 0.4) is 0 Å². The Kier molecular flexibility index (Phi) is 6.18. The minimum atomic E-state index is -4.45. The van der Waals surface area contributed by atoms with Crippen molar-refractivity contribution >= 4 is 23.2 Å². The van der Waals surface area contributed by atoms with Crippen molar-refractivity contribution in [1.82, 2.24) is 19.6 Å². The van der Waals surface area contributed by atoms with Gasteiger partial charge in [-0.3, -0.25) is 9.48 Å². The lowest BCUT2D eigenvalue weighted by atomic mass is 10.4. The quantitative estimate of drug-likeness (QED) is 0.723. The molecular formula is C13H13ClF5N5O2. The van der Waals surface area contributed by atoms with Gasteiger partial charge in [-0.1, -0.05) is 11.6 Å². The maximum atomic E-state index is 12.7. The highest BCUT2D eigenvalue weighted by Crippen LogP contribution is 2.28. The molecule has 26 heavy (non-hydrogen) atoms. The lowest BCUT2D eigenvalue weighted by Gasteiger charge is -2.07. The van der Waals surface area contributed by atoms with Gasteiger partial charge in [0.05, 0.1) is 28.8 Å². The summed E-state index contributed by atoms with van der Waals surface area (Å²) in [5.41, 5.74) is -0.226. The molecule has 0 fully saturated rings. The standard InChI is InChI=1S/C13H13ClF5N5O2/c1-7-10(14)11(12(15)16)22-24(7)4-9(25)21-8-2-20-23(3-8)6-26-5-13(17,18)19/h2-3,12H,4-6H2,1H3,(H,21,25). The van der Waals surface area contributed by atoms with Crippen LogP contribution in [0.2, 0.25) is 5.02 Å². The van der Waals surface area contributed by atoms with Gasteiger partial charge >= 0.3 is 6.18 Å². The molecule has 0 atom stereocenters. The Labute approximate surface area is 148 Å². The molecule has 2 aromatic heterocycles. The molecule has 0 radical (unpaired) electrons. The van der Waals surface area contributed by atoms with Crippen LogP contribution in [0.4, 0.5) is 27.6 Å². The van der Waals surface area contributed by atoms with Crippen molar-refractivity contribution in [3.05, 3.63) is 28.8 Å². The molecule has 0 aromatic carbocycles. The highest BCUT2D eigenvalue weighted by atomic mass is 35.5. The first kappa shape index (κ1) is 20.1. The predicted molar refractivity (Wildman–Crippen MR) is 79.8 cm³/mol. The number of alkyl halides is 5. The number of amides is 1. The first-order chi connectivity index (χ1) is 12.1. The number of anilines is 1. The van der Waals surface area contributed by atoms with E-state index in [2.05, 4.69) is 20.3 Å². The van der Waals surface area contributed by atoms with Crippen molar-refractivity contribution in [3.8, 4) is 0 Å². The van der Waals surface area contributed by atoms with Crippen molar-refractivity contribution in [3.63, 3.8) is 0 Å². The normalized spacial score (nSPS) is 12.0. The lowest BCUT2D eigenvalue weighted by molar-refractivity contribution is -0.182. The van der Waals surface area contributed by atoms with E-state index < -0.39 is 37.5 Å². The van der Waals surface area contributed by atoms with Crippen molar-refractivity contribution < 1.29 is 31.5 Å². The van der Waals surface area contributed by atoms with Gasteiger partial charge in [-0.15, -0.1) is 0 Å². The fraction of sp³-hybridized carbons (Fsp3) is 0.462. The van der Waals surface area contributed by atoms with Crippen LogP contribution in [-0.4, -0.2) is 38.3 Å². The van der Waals surface area contributed by atoms with E-state index in [9.17, 15) is 26.7 Å². The lowest BCUT2D eigenvalue weighted by Crippen LogP contribution is -2.20. The van der Waals surface area contributed by atoms with Crippen molar-refractivity contribution in [2.75, 3.05) is 11.9 Å². The fourth-order valence-electron chi connectivity index (χ4n) is 1.93. The first-order valence-corrected chi connectivity index (χ1v) is 7.42. The van der Waals surface area contributed by atoms with Gasteiger partial charge in [0.25, 0.3) is 6.43 Å². The Hall–Kier alpha value is -2.21. The summed E-state index contributed by atoms with van der Waals surface area (Å²) in [7, 11) is 0. The molecule has 2 aromatic rings. The van der Waals surface area contributed by atoms with Gasteiger partial charge < -0.3 is 10.1 Å². The molecule has 7 nitrogen and oxygen atoms in total. The Morgan fingerprint density at radius 1 is 1.42 bits per heavy atom. The Morgan fingerprint density at radius 3 is 2.69 bits per heavy atom. The van der Waals surface area contributed by atoms with E-state index in [1.807, 2.05) is 0 Å². The summed E-state index contributed by atoms with van der Waals surface area (Å²) in [6, 6.07) is 0. The number of carbonyl (C=O) groups is 1. The minimum absolute atomic E-state index is 0.190. The first-order valence-electron chi connectivity index (χ1n) is 7.04. The molecule has 1 N–H and O–H groups in total. The van der Waals surface area contributed by atoms with Crippen molar-refractivity contribution in [2.45, 2.75) is 32.8 Å². The summed E-state index contributed by atoms with van der Waals surface area (Å²) < 4.78 is 67.9. The monoisotopic (exact) mass is 401 g/mol. The van der Waals surface area contributed by atoms with E-state index in [1.165, 1.54) is 19.3 Å². The number of nitrogens with zero attached hydrogens (tertiary/aromatic N) is 4. The number of hydrogen-bond acceptors (Lipinski definition) is 4. The summed E-state index contributed by atoms with van der Waals surface area (Å²) >= 11 is 5.73. The zero-order chi connectivity index (χ0) is 19.5. The maximum absolute atomic E-state index is 12.7. The van der Waals surface area contributed by atoms with Gasteiger partial charge in [-0.25, -0.2) is 13.5 Å². The number of carbonyl (C=O) groups excluding carboxylic acids is 1. The molecule has 2 rings (SSSR count). The van der Waals surface area contributed by atoms with E-state index in [1.54, 1.807) is 0 Å². The van der Waals surface area contributed by atoms with Gasteiger partial charge in [0.2, 0.25) is 5.91 Å². The number of halogens is 6. The Morgan fingerprint density at radius 2 is 2.12 bits per heavy atom. The third-order valence-electron chi connectivity index (χ3n) is 3.06. The van der Waals surface area contributed by atoms with E-state index >= 15 is 0 Å². The molecule has 0 aliphatic carbocycles. The molecule has 0 aliphatic heterocycles. The molecule has 0 saturated heterocycles.